The summed E-state index contributed by atoms with van der Waals surface area (Å²) in [4.78, 5) is 12.3. The number of aliphatic hydroxyl groups is 4. The summed E-state index contributed by atoms with van der Waals surface area (Å²) in [5, 5.41) is 42.7. The minimum absolute atomic E-state index is 0.369. The molecule has 6 nitrogen and oxygen atoms in total. The smallest absolute Gasteiger partial charge is 0.249 e. The van der Waals surface area contributed by atoms with Crippen LogP contribution in [0.1, 0.15) is 206 Å². The highest BCUT2D eigenvalue weighted by Crippen LogP contribution is 2.15. The molecule has 4 unspecified atom stereocenters. The maximum absolute atomic E-state index is 12.3. The molecule has 0 saturated carbocycles. The summed E-state index contributed by atoms with van der Waals surface area (Å²) in [5.41, 5.74) is 0. The number of unbranched alkanes of at least 4 members (excludes halogenated alkanes) is 25. The molecule has 0 spiro atoms. The molecule has 5 N–H and O–H groups in total. The molecule has 0 aromatic carbocycles. The van der Waals surface area contributed by atoms with Crippen LogP contribution in [0.25, 0.3) is 0 Å². The first kappa shape index (κ1) is 45.0. The van der Waals surface area contributed by atoms with E-state index in [1.807, 2.05) is 0 Å². The van der Waals surface area contributed by atoms with Crippen molar-refractivity contribution in [1.82, 2.24) is 5.32 Å². The second-order valence-electron chi connectivity index (χ2n) is 14.0. The van der Waals surface area contributed by atoms with Crippen LogP contribution in [0.3, 0.4) is 0 Å². The Kier molecular flexibility index (Phi) is 34.6. The van der Waals surface area contributed by atoms with Gasteiger partial charge in [-0.3, -0.25) is 4.79 Å². The Morgan fingerprint density at radius 3 is 1.28 bits per heavy atom. The van der Waals surface area contributed by atoms with Gasteiger partial charge >= 0.3 is 0 Å². The third kappa shape index (κ3) is 29.2. The van der Waals surface area contributed by atoms with Crippen molar-refractivity contribution in [3.63, 3.8) is 0 Å². The molecule has 46 heavy (non-hydrogen) atoms. The lowest BCUT2D eigenvalue weighted by atomic mass is 10.00. The van der Waals surface area contributed by atoms with Crippen LogP contribution in [0.2, 0.25) is 0 Å². The lowest BCUT2D eigenvalue weighted by Crippen LogP contribution is -2.53. The molecule has 0 aliphatic carbocycles. The summed E-state index contributed by atoms with van der Waals surface area (Å²) < 4.78 is 0. The zero-order valence-electron chi connectivity index (χ0n) is 30.6. The maximum Gasteiger partial charge on any atom is 0.249 e. The Bertz CT molecular complexity index is 658. The normalized spacial score (nSPS) is 14.5. The van der Waals surface area contributed by atoms with Gasteiger partial charge in [-0.1, -0.05) is 180 Å². The van der Waals surface area contributed by atoms with Crippen molar-refractivity contribution in [3.8, 4) is 0 Å². The predicted molar refractivity (Wildman–Crippen MR) is 196 cm³/mol. The summed E-state index contributed by atoms with van der Waals surface area (Å²) in [5.74, 6) is -0.593. The SMILES string of the molecule is CCCCCCCCCCCCCC/C=C\CCCCCCCCCCCCCC(O)C(=O)NC(CO)C(O)C(O)CCCCC. The Balaban J connectivity index is 3.50. The van der Waals surface area contributed by atoms with E-state index in [-0.39, 0.29) is 0 Å². The van der Waals surface area contributed by atoms with Gasteiger partial charge in [0, 0.05) is 0 Å². The Labute approximate surface area is 285 Å². The highest BCUT2D eigenvalue weighted by Gasteiger charge is 2.28. The molecule has 0 aromatic rings. The zero-order valence-corrected chi connectivity index (χ0v) is 30.6. The monoisotopic (exact) mass is 654 g/mol. The highest BCUT2D eigenvalue weighted by molar-refractivity contribution is 5.80. The number of hydrogen-bond acceptors (Lipinski definition) is 5. The van der Waals surface area contributed by atoms with E-state index in [0.717, 1.165) is 38.5 Å². The Hall–Kier alpha value is -0.950. The minimum atomic E-state index is -1.25. The molecule has 0 saturated heterocycles. The van der Waals surface area contributed by atoms with Crippen LogP contribution < -0.4 is 5.32 Å². The van der Waals surface area contributed by atoms with Crippen molar-refractivity contribution in [2.45, 2.75) is 231 Å². The molecular weight excluding hydrogens is 574 g/mol. The quantitative estimate of drug-likeness (QED) is 0.0342. The predicted octanol–water partition coefficient (Wildman–Crippen LogP) is 9.85. The van der Waals surface area contributed by atoms with E-state index >= 15 is 0 Å². The number of nitrogens with one attached hydrogen (secondary N) is 1. The second kappa shape index (κ2) is 35.4. The third-order valence-electron chi connectivity index (χ3n) is 9.48. The molecule has 0 aliphatic heterocycles. The fourth-order valence-corrected chi connectivity index (χ4v) is 6.22. The first-order valence-electron chi connectivity index (χ1n) is 20.1. The summed E-state index contributed by atoms with van der Waals surface area (Å²) in [6.07, 6.45) is 37.7. The molecule has 0 heterocycles. The van der Waals surface area contributed by atoms with Gasteiger partial charge in [-0.25, -0.2) is 0 Å². The van der Waals surface area contributed by atoms with E-state index < -0.39 is 36.9 Å². The topological polar surface area (TPSA) is 110 Å². The number of rotatable bonds is 36. The second-order valence-corrected chi connectivity index (χ2v) is 14.0. The molecule has 0 bridgehead atoms. The van der Waals surface area contributed by atoms with E-state index in [1.165, 1.54) is 141 Å². The van der Waals surface area contributed by atoms with Crippen LogP contribution in [0.15, 0.2) is 12.2 Å². The van der Waals surface area contributed by atoms with E-state index in [0.29, 0.717) is 12.8 Å². The first-order valence-corrected chi connectivity index (χ1v) is 20.1. The first-order chi connectivity index (χ1) is 22.5. The van der Waals surface area contributed by atoms with Crippen molar-refractivity contribution in [1.29, 1.82) is 0 Å². The van der Waals surface area contributed by atoms with Crippen LogP contribution >= 0.6 is 0 Å². The molecule has 4 atom stereocenters. The molecule has 1 amide bonds. The van der Waals surface area contributed by atoms with Gasteiger partial charge in [-0.05, 0) is 38.5 Å². The molecule has 0 fully saturated rings. The average Bonchev–Trinajstić information content (AvgIpc) is 3.06. The molecular formula is C40H79NO5. The van der Waals surface area contributed by atoms with Gasteiger partial charge in [0.15, 0.2) is 0 Å². The number of amides is 1. The molecule has 274 valence electrons. The average molecular weight is 654 g/mol. The molecule has 0 rings (SSSR count). The fraction of sp³-hybridized carbons (Fsp3) is 0.925. The van der Waals surface area contributed by atoms with E-state index in [9.17, 15) is 25.2 Å². The van der Waals surface area contributed by atoms with Crippen molar-refractivity contribution < 1.29 is 25.2 Å². The molecule has 0 aromatic heterocycles. The van der Waals surface area contributed by atoms with E-state index in [4.69, 9.17) is 0 Å². The minimum Gasteiger partial charge on any atom is -0.394 e. The maximum atomic E-state index is 12.3. The Morgan fingerprint density at radius 2 is 0.870 bits per heavy atom. The largest absolute Gasteiger partial charge is 0.394 e. The fourth-order valence-electron chi connectivity index (χ4n) is 6.22. The molecule has 0 radical (unpaired) electrons. The van der Waals surface area contributed by atoms with Crippen molar-refractivity contribution in [2.24, 2.45) is 0 Å². The van der Waals surface area contributed by atoms with Crippen molar-refractivity contribution >= 4 is 5.91 Å². The van der Waals surface area contributed by atoms with Gasteiger partial charge in [-0.2, -0.15) is 0 Å². The van der Waals surface area contributed by atoms with Gasteiger partial charge in [0.2, 0.25) is 5.91 Å². The number of hydrogen-bond donors (Lipinski definition) is 5. The summed E-state index contributed by atoms with van der Waals surface area (Å²) >= 11 is 0. The number of aliphatic hydroxyl groups excluding tert-OH is 4. The van der Waals surface area contributed by atoms with E-state index in [1.54, 1.807) is 0 Å². The third-order valence-corrected chi connectivity index (χ3v) is 9.48. The summed E-state index contributed by atoms with van der Waals surface area (Å²) in [7, 11) is 0. The lowest BCUT2D eigenvalue weighted by Gasteiger charge is -2.27. The molecule has 0 aliphatic rings. The van der Waals surface area contributed by atoms with Crippen molar-refractivity contribution in [3.05, 3.63) is 12.2 Å². The lowest BCUT2D eigenvalue weighted by molar-refractivity contribution is -0.132. The van der Waals surface area contributed by atoms with Gasteiger partial charge in [0.05, 0.1) is 18.8 Å². The summed E-state index contributed by atoms with van der Waals surface area (Å²) in [6, 6.07) is -0.977. The van der Waals surface area contributed by atoms with Crippen LogP contribution in [0.4, 0.5) is 0 Å². The van der Waals surface area contributed by atoms with Crippen molar-refractivity contribution in [2.75, 3.05) is 6.61 Å². The summed E-state index contributed by atoms with van der Waals surface area (Å²) in [6.45, 7) is 3.86. The standard InChI is InChI=1S/C40H79NO5/c1-3-5-7-8-9-10-11-12-13-14-15-16-17-18-19-20-21-22-23-24-25-26-27-28-29-30-32-34-38(44)40(46)41-36(35-42)39(45)37(43)33-31-6-4-2/h18-19,36-39,42-45H,3-17,20-35H2,1-2H3,(H,41,46)/b19-18-. The highest BCUT2D eigenvalue weighted by atomic mass is 16.3. The Morgan fingerprint density at radius 1 is 0.522 bits per heavy atom. The molecule has 6 heteroatoms. The number of carbonyl (C=O) groups is 1. The van der Waals surface area contributed by atoms with Gasteiger partial charge in [-0.15, -0.1) is 0 Å². The van der Waals surface area contributed by atoms with Crippen LogP contribution in [0.5, 0.6) is 0 Å². The van der Waals surface area contributed by atoms with Gasteiger partial charge < -0.3 is 25.7 Å². The zero-order chi connectivity index (χ0) is 33.9. The number of carbonyl (C=O) groups excluding carboxylic acids is 1. The van der Waals surface area contributed by atoms with Crippen LogP contribution in [-0.4, -0.2) is 57.3 Å². The van der Waals surface area contributed by atoms with Crippen LogP contribution in [-0.2, 0) is 4.79 Å². The number of allylic oxidation sites excluding steroid dienone is 2. The van der Waals surface area contributed by atoms with Gasteiger partial charge in [0.1, 0.15) is 12.2 Å². The van der Waals surface area contributed by atoms with E-state index in [2.05, 4.69) is 31.3 Å². The van der Waals surface area contributed by atoms with Crippen LogP contribution in [0, 0.1) is 0 Å². The van der Waals surface area contributed by atoms with Gasteiger partial charge in [0.25, 0.3) is 0 Å².